The van der Waals surface area contributed by atoms with Crippen molar-refractivity contribution in [1.29, 1.82) is 0 Å². The van der Waals surface area contributed by atoms with Crippen LogP contribution in [0.5, 0.6) is 0 Å². The number of hydrogen-bond acceptors (Lipinski definition) is 4. The lowest BCUT2D eigenvalue weighted by Gasteiger charge is -2.35. The van der Waals surface area contributed by atoms with Crippen LogP contribution in [0.4, 0.5) is 9.18 Å². The fraction of sp³-hybridized carbons (Fsp3) is 0.350. The summed E-state index contributed by atoms with van der Waals surface area (Å²) in [5.74, 6) is -1.29. The van der Waals surface area contributed by atoms with Gasteiger partial charge in [-0.2, -0.15) is 8.42 Å². The monoisotopic (exact) mass is 407 g/mol. The van der Waals surface area contributed by atoms with Gasteiger partial charge in [0.2, 0.25) is 0 Å². The zero-order chi connectivity index (χ0) is 20.3. The van der Waals surface area contributed by atoms with E-state index in [1.54, 1.807) is 48.5 Å². The first-order chi connectivity index (χ1) is 13.3. The Kier molecular flexibility index (Phi) is 6.00. The number of benzene rings is 2. The Morgan fingerprint density at radius 2 is 1.82 bits per heavy atom. The Bertz CT molecular complexity index is 935. The Balaban J connectivity index is 2.16. The smallest absolute Gasteiger partial charge is 0.407 e. The van der Waals surface area contributed by atoms with Crippen molar-refractivity contribution in [2.24, 2.45) is 0 Å². The molecule has 1 unspecified atom stereocenters. The van der Waals surface area contributed by atoms with Crippen LogP contribution in [0.1, 0.15) is 29.9 Å². The molecule has 3 rings (SSSR count). The lowest BCUT2D eigenvalue weighted by Crippen LogP contribution is -2.47. The van der Waals surface area contributed by atoms with Gasteiger partial charge < -0.3 is 10.0 Å². The minimum Gasteiger partial charge on any atom is -0.465 e. The van der Waals surface area contributed by atoms with E-state index < -0.39 is 40.1 Å². The molecule has 0 radical (unpaired) electrons. The van der Waals surface area contributed by atoms with Crippen LogP contribution in [-0.2, 0) is 14.3 Å². The molecule has 1 heterocycles. The second kappa shape index (κ2) is 8.28. The fourth-order valence-electron chi connectivity index (χ4n) is 3.85. The molecule has 1 N–H and O–H groups in total. The Labute approximate surface area is 163 Å². The standard InChI is InChI=1S/C20H22FNO5S/c1-28(25,26)27-19(17-12-7-13-22(17)20(23)24)18(14-8-3-2-4-9-14)15-10-5-6-11-16(15)21/h2-6,8-11,17-19H,7,12-13H2,1H3,(H,23,24)/t17?,18-,19+/m0/s1. The zero-order valence-corrected chi connectivity index (χ0v) is 16.2. The molecule has 0 aromatic heterocycles. The quantitative estimate of drug-likeness (QED) is 0.742. The first-order valence-electron chi connectivity index (χ1n) is 8.95. The summed E-state index contributed by atoms with van der Waals surface area (Å²) in [5.41, 5.74) is 0.915. The zero-order valence-electron chi connectivity index (χ0n) is 15.4. The maximum Gasteiger partial charge on any atom is 0.407 e. The summed E-state index contributed by atoms with van der Waals surface area (Å²) >= 11 is 0. The molecule has 28 heavy (non-hydrogen) atoms. The van der Waals surface area contributed by atoms with Gasteiger partial charge in [-0.3, -0.25) is 4.18 Å². The molecule has 1 fully saturated rings. The minimum absolute atomic E-state index is 0.264. The molecule has 2 aromatic carbocycles. The third kappa shape index (κ3) is 4.51. The van der Waals surface area contributed by atoms with E-state index in [0.717, 1.165) is 6.26 Å². The third-order valence-corrected chi connectivity index (χ3v) is 5.51. The van der Waals surface area contributed by atoms with Crippen LogP contribution >= 0.6 is 0 Å². The predicted molar refractivity (Wildman–Crippen MR) is 102 cm³/mol. The molecule has 1 aliphatic heterocycles. The van der Waals surface area contributed by atoms with E-state index in [1.807, 2.05) is 0 Å². The lowest BCUT2D eigenvalue weighted by molar-refractivity contribution is 0.0772. The van der Waals surface area contributed by atoms with Crippen LogP contribution in [0.2, 0.25) is 0 Å². The molecule has 0 bridgehead atoms. The number of carbonyl (C=O) groups is 1. The summed E-state index contributed by atoms with van der Waals surface area (Å²) in [6.45, 7) is 0.280. The van der Waals surface area contributed by atoms with Crippen molar-refractivity contribution in [1.82, 2.24) is 4.90 Å². The molecular weight excluding hydrogens is 385 g/mol. The highest BCUT2D eigenvalue weighted by atomic mass is 32.2. The van der Waals surface area contributed by atoms with Gasteiger partial charge >= 0.3 is 6.09 Å². The van der Waals surface area contributed by atoms with Gasteiger partial charge in [-0.25, -0.2) is 9.18 Å². The third-order valence-electron chi connectivity index (χ3n) is 4.94. The second-order valence-electron chi connectivity index (χ2n) is 6.86. The van der Waals surface area contributed by atoms with Gasteiger partial charge in [-0.1, -0.05) is 48.5 Å². The highest BCUT2D eigenvalue weighted by Crippen LogP contribution is 2.38. The maximum absolute atomic E-state index is 14.7. The van der Waals surface area contributed by atoms with Crippen LogP contribution in [0.15, 0.2) is 54.6 Å². The van der Waals surface area contributed by atoms with E-state index in [0.29, 0.717) is 18.4 Å². The second-order valence-corrected chi connectivity index (χ2v) is 8.46. The van der Waals surface area contributed by atoms with Crippen molar-refractivity contribution in [2.75, 3.05) is 12.8 Å². The van der Waals surface area contributed by atoms with Crippen molar-refractivity contribution in [3.05, 3.63) is 71.5 Å². The van der Waals surface area contributed by atoms with E-state index in [2.05, 4.69) is 0 Å². The van der Waals surface area contributed by atoms with E-state index in [4.69, 9.17) is 4.18 Å². The van der Waals surface area contributed by atoms with Gasteiger partial charge in [-0.15, -0.1) is 0 Å². The average molecular weight is 407 g/mol. The van der Waals surface area contributed by atoms with E-state index >= 15 is 0 Å². The van der Waals surface area contributed by atoms with Gasteiger partial charge in [0, 0.05) is 12.5 Å². The van der Waals surface area contributed by atoms with Crippen molar-refractivity contribution in [2.45, 2.75) is 30.9 Å². The largest absolute Gasteiger partial charge is 0.465 e. The van der Waals surface area contributed by atoms with Crippen LogP contribution in [0.25, 0.3) is 0 Å². The first kappa shape index (κ1) is 20.3. The normalized spacial score (nSPS) is 19.4. The molecule has 1 saturated heterocycles. The average Bonchev–Trinajstić information content (AvgIpc) is 3.12. The molecule has 1 amide bonds. The van der Waals surface area contributed by atoms with E-state index in [-0.39, 0.29) is 12.1 Å². The highest BCUT2D eigenvalue weighted by molar-refractivity contribution is 7.86. The van der Waals surface area contributed by atoms with E-state index in [1.165, 1.54) is 11.0 Å². The highest BCUT2D eigenvalue weighted by Gasteiger charge is 2.43. The van der Waals surface area contributed by atoms with Gasteiger partial charge in [0.05, 0.1) is 12.3 Å². The molecule has 3 atom stereocenters. The molecule has 8 heteroatoms. The topological polar surface area (TPSA) is 83.9 Å². The molecular formula is C20H22FNO5S. The predicted octanol–water partition coefficient (Wildman–Crippen LogP) is 3.44. The van der Waals surface area contributed by atoms with Crippen molar-refractivity contribution in [3.63, 3.8) is 0 Å². The van der Waals surface area contributed by atoms with Gasteiger partial charge in [0.1, 0.15) is 11.9 Å². The summed E-state index contributed by atoms with van der Waals surface area (Å²) < 4.78 is 44.2. The van der Waals surface area contributed by atoms with Crippen molar-refractivity contribution in [3.8, 4) is 0 Å². The molecule has 2 aromatic rings. The van der Waals surface area contributed by atoms with Crippen LogP contribution < -0.4 is 0 Å². The number of halogens is 1. The van der Waals surface area contributed by atoms with Crippen LogP contribution in [0.3, 0.4) is 0 Å². The number of rotatable bonds is 6. The Morgan fingerprint density at radius 3 is 2.43 bits per heavy atom. The number of carboxylic acid groups (broad SMARTS) is 1. The number of nitrogens with zero attached hydrogens (tertiary/aromatic N) is 1. The molecule has 0 spiro atoms. The fourth-order valence-corrected chi connectivity index (χ4v) is 4.49. The number of hydrogen-bond donors (Lipinski definition) is 1. The van der Waals surface area contributed by atoms with Gasteiger partial charge in [0.15, 0.2) is 0 Å². The molecule has 6 nitrogen and oxygen atoms in total. The summed E-state index contributed by atoms with van der Waals surface area (Å²) in [4.78, 5) is 12.9. The van der Waals surface area contributed by atoms with Gasteiger partial charge in [-0.05, 0) is 30.0 Å². The minimum atomic E-state index is -3.93. The van der Waals surface area contributed by atoms with Crippen LogP contribution in [-0.4, -0.2) is 49.5 Å². The molecule has 150 valence electrons. The van der Waals surface area contributed by atoms with E-state index in [9.17, 15) is 22.7 Å². The first-order valence-corrected chi connectivity index (χ1v) is 10.8. The summed E-state index contributed by atoms with van der Waals surface area (Å²) in [7, 11) is -3.93. The Morgan fingerprint density at radius 1 is 1.18 bits per heavy atom. The number of likely N-dealkylation sites (tertiary alicyclic amines) is 1. The SMILES string of the molecule is CS(=O)(=O)O[C@H](C1CCCN1C(=O)O)[C@@H](c1ccccc1)c1ccccc1F. The van der Waals surface area contributed by atoms with Crippen LogP contribution in [0, 0.1) is 5.82 Å². The molecule has 0 aliphatic carbocycles. The summed E-state index contributed by atoms with van der Waals surface area (Å²) in [6.07, 6.45) is -0.301. The summed E-state index contributed by atoms with van der Waals surface area (Å²) in [6, 6.07) is 14.2. The lowest BCUT2D eigenvalue weighted by atomic mass is 9.82. The number of amides is 1. The van der Waals surface area contributed by atoms with Gasteiger partial charge in [0.25, 0.3) is 10.1 Å². The molecule has 1 aliphatic rings. The van der Waals surface area contributed by atoms with Crippen molar-refractivity contribution >= 4 is 16.2 Å². The molecule has 0 saturated carbocycles. The Hall–Kier alpha value is -2.45. The maximum atomic E-state index is 14.7. The van der Waals surface area contributed by atoms with Crippen molar-refractivity contribution < 1.29 is 26.9 Å². The summed E-state index contributed by atoms with van der Waals surface area (Å²) in [5, 5.41) is 9.56.